The standard InChI is InChI=1S/C14H10N2O4.Mn/c17-13(18)9-1-5-11(6-2-9)15-16-12-7-3-10(4-8-12)14(19)20;/h1-8H,(H,17,18)(H,19,20);/q;+2/p-2/b16-15+;. The average molecular weight is 323 g/mol. The molecule has 2 rings (SSSR count). The van der Waals surface area contributed by atoms with Gasteiger partial charge >= 0.3 is 17.1 Å². The summed E-state index contributed by atoms with van der Waals surface area (Å²) < 4.78 is 0. The SMILES string of the molecule is O=C([O-])c1ccc(/N=N/c2ccc(C(=O)[O-])cc2)cc1.[Mn+2]. The van der Waals surface area contributed by atoms with Gasteiger partial charge in [0.05, 0.1) is 23.3 Å². The van der Waals surface area contributed by atoms with Crippen LogP contribution in [-0.2, 0) is 17.1 Å². The molecule has 0 heterocycles. The van der Waals surface area contributed by atoms with Crippen LogP contribution in [0.1, 0.15) is 20.7 Å². The molecule has 1 radical (unpaired) electrons. The quantitative estimate of drug-likeness (QED) is 0.613. The predicted molar refractivity (Wildman–Crippen MR) is 65.7 cm³/mol. The Balaban J connectivity index is 0.00000220. The van der Waals surface area contributed by atoms with E-state index < -0.39 is 11.9 Å². The number of carbonyl (C=O) groups excluding carboxylic acids is 2. The molecule has 0 saturated carbocycles. The number of hydrogen-bond acceptors (Lipinski definition) is 6. The molecule has 105 valence electrons. The van der Waals surface area contributed by atoms with Gasteiger partial charge in [0.1, 0.15) is 0 Å². The van der Waals surface area contributed by atoms with E-state index in [2.05, 4.69) is 10.2 Å². The van der Waals surface area contributed by atoms with Crippen molar-refractivity contribution in [1.82, 2.24) is 0 Å². The summed E-state index contributed by atoms with van der Waals surface area (Å²) in [7, 11) is 0. The first-order valence-electron chi connectivity index (χ1n) is 5.61. The van der Waals surface area contributed by atoms with Crippen molar-refractivity contribution in [1.29, 1.82) is 0 Å². The fraction of sp³-hybridized carbons (Fsp3) is 0. The van der Waals surface area contributed by atoms with Gasteiger partial charge in [0.15, 0.2) is 0 Å². The van der Waals surface area contributed by atoms with Gasteiger partial charge in [-0.1, -0.05) is 24.3 Å². The van der Waals surface area contributed by atoms with Crippen molar-refractivity contribution in [3.8, 4) is 0 Å². The van der Waals surface area contributed by atoms with Crippen LogP contribution in [0.25, 0.3) is 0 Å². The summed E-state index contributed by atoms with van der Waals surface area (Å²) >= 11 is 0. The zero-order valence-corrected chi connectivity index (χ0v) is 11.7. The first-order chi connectivity index (χ1) is 9.56. The molecule has 0 spiro atoms. The Morgan fingerprint density at radius 1 is 0.667 bits per heavy atom. The Bertz CT molecular complexity index is 607. The first-order valence-corrected chi connectivity index (χ1v) is 5.61. The Kier molecular flexibility index (Phi) is 5.78. The molecule has 0 unspecified atom stereocenters. The second-order valence-electron chi connectivity index (χ2n) is 3.87. The summed E-state index contributed by atoms with van der Waals surface area (Å²) in [4.78, 5) is 21.1. The number of benzene rings is 2. The van der Waals surface area contributed by atoms with Gasteiger partial charge in [-0.2, -0.15) is 10.2 Å². The molecule has 7 heteroatoms. The first kappa shape index (κ1) is 16.6. The third kappa shape index (κ3) is 4.52. The molecule has 0 saturated heterocycles. The van der Waals surface area contributed by atoms with Crippen LogP contribution in [0.2, 0.25) is 0 Å². The minimum atomic E-state index is -1.26. The van der Waals surface area contributed by atoms with Gasteiger partial charge in [0, 0.05) is 0 Å². The molecular formula is C14H8MnN2O4. The predicted octanol–water partition coefficient (Wildman–Crippen LogP) is 0.826. The molecule has 0 fully saturated rings. The molecule has 21 heavy (non-hydrogen) atoms. The van der Waals surface area contributed by atoms with Crippen molar-refractivity contribution in [2.75, 3.05) is 0 Å². The summed E-state index contributed by atoms with van der Waals surface area (Å²) in [5, 5.41) is 28.9. The topological polar surface area (TPSA) is 105 Å². The van der Waals surface area contributed by atoms with Crippen molar-refractivity contribution < 1.29 is 36.9 Å². The number of hydrogen-bond donors (Lipinski definition) is 0. The number of azo groups is 1. The fourth-order valence-corrected chi connectivity index (χ4v) is 1.44. The van der Waals surface area contributed by atoms with Crippen molar-refractivity contribution in [3.05, 3.63) is 59.7 Å². The van der Waals surface area contributed by atoms with Gasteiger partial charge in [-0.15, -0.1) is 0 Å². The molecule has 0 amide bonds. The summed E-state index contributed by atoms with van der Waals surface area (Å²) in [6.07, 6.45) is 0. The Labute approximate surface area is 130 Å². The van der Waals surface area contributed by atoms with Crippen molar-refractivity contribution in [2.45, 2.75) is 0 Å². The zero-order chi connectivity index (χ0) is 14.5. The smallest absolute Gasteiger partial charge is 0.545 e. The van der Waals surface area contributed by atoms with Gasteiger partial charge < -0.3 is 19.8 Å². The second-order valence-corrected chi connectivity index (χ2v) is 3.87. The van der Waals surface area contributed by atoms with E-state index in [1.165, 1.54) is 48.5 Å². The van der Waals surface area contributed by atoms with Gasteiger partial charge in [-0.05, 0) is 35.4 Å². The summed E-state index contributed by atoms with van der Waals surface area (Å²) in [5.74, 6) is -2.52. The molecule has 6 nitrogen and oxygen atoms in total. The van der Waals surface area contributed by atoms with Crippen molar-refractivity contribution >= 4 is 23.3 Å². The van der Waals surface area contributed by atoms with Crippen molar-refractivity contribution in [3.63, 3.8) is 0 Å². The monoisotopic (exact) mass is 323 g/mol. The molecule has 0 aliphatic heterocycles. The number of rotatable bonds is 4. The van der Waals surface area contributed by atoms with E-state index in [-0.39, 0.29) is 28.2 Å². The van der Waals surface area contributed by atoms with E-state index in [0.717, 1.165) is 0 Å². The summed E-state index contributed by atoms with van der Waals surface area (Å²) in [5.41, 5.74) is 1.06. The van der Waals surface area contributed by atoms with Crippen molar-refractivity contribution in [2.24, 2.45) is 10.2 Å². The minimum Gasteiger partial charge on any atom is -0.545 e. The molecular weight excluding hydrogens is 315 g/mol. The number of carbonyl (C=O) groups is 2. The van der Waals surface area contributed by atoms with E-state index in [9.17, 15) is 19.8 Å². The van der Waals surface area contributed by atoms with Gasteiger partial charge in [-0.3, -0.25) is 0 Å². The maximum Gasteiger partial charge on any atom is 2.00 e. The molecule has 0 aliphatic carbocycles. The molecule has 0 aromatic heterocycles. The average Bonchev–Trinajstić information content (AvgIpc) is 2.46. The third-order valence-corrected chi connectivity index (χ3v) is 2.49. The van der Waals surface area contributed by atoms with E-state index in [4.69, 9.17) is 0 Å². The van der Waals surface area contributed by atoms with Crippen LogP contribution in [0, 0.1) is 0 Å². The number of carboxylic acid groups (broad SMARTS) is 2. The molecule has 0 bridgehead atoms. The van der Waals surface area contributed by atoms with Crippen LogP contribution >= 0.6 is 0 Å². The zero-order valence-electron chi connectivity index (χ0n) is 10.5. The van der Waals surface area contributed by atoms with E-state index in [0.29, 0.717) is 11.4 Å². The summed E-state index contributed by atoms with van der Waals surface area (Å²) in [6.45, 7) is 0. The van der Waals surface area contributed by atoms with Crippen LogP contribution in [-0.4, -0.2) is 11.9 Å². The molecule has 2 aromatic rings. The molecule has 0 atom stereocenters. The Morgan fingerprint density at radius 3 is 1.19 bits per heavy atom. The molecule has 2 aromatic carbocycles. The summed E-state index contributed by atoms with van der Waals surface area (Å²) in [6, 6.07) is 11.4. The number of carboxylic acids is 2. The van der Waals surface area contributed by atoms with E-state index >= 15 is 0 Å². The van der Waals surface area contributed by atoms with Crippen LogP contribution in [0.15, 0.2) is 58.8 Å². The van der Waals surface area contributed by atoms with Crippen LogP contribution in [0.3, 0.4) is 0 Å². The molecule has 0 N–H and O–H groups in total. The van der Waals surface area contributed by atoms with E-state index in [1.54, 1.807) is 0 Å². The second kappa shape index (κ2) is 7.33. The number of nitrogens with zero attached hydrogens (tertiary/aromatic N) is 2. The number of aromatic carboxylic acids is 2. The Morgan fingerprint density at radius 2 is 0.952 bits per heavy atom. The maximum atomic E-state index is 10.6. The van der Waals surface area contributed by atoms with Gasteiger partial charge in [-0.25, -0.2) is 0 Å². The Hall–Kier alpha value is -2.50. The van der Waals surface area contributed by atoms with Crippen LogP contribution in [0.5, 0.6) is 0 Å². The van der Waals surface area contributed by atoms with Gasteiger partial charge in [0.2, 0.25) is 0 Å². The third-order valence-electron chi connectivity index (χ3n) is 2.49. The van der Waals surface area contributed by atoms with E-state index in [1.807, 2.05) is 0 Å². The van der Waals surface area contributed by atoms with Gasteiger partial charge in [0.25, 0.3) is 0 Å². The fourth-order valence-electron chi connectivity index (χ4n) is 1.44. The van der Waals surface area contributed by atoms with Crippen LogP contribution < -0.4 is 10.2 Å². The normalized spacial score (nSPS) is 10.1. The largest absolute Gasteiger partial charge is 2.00 e. The molecule has 0 aliphatic rings. The van der Waals surface area contributed by atoms with Crippen LogP contribution in [0.4, 0.5) is 11.4 Å². The minimum absolute atomic E-state index is 0. The maximum absolute atomic E-state index is 10.6.